The summed E-state index contributed by atoms with van der Waals surface area (Å²) in [7, 11) is 0.344. The molecule has 4 rings (SSSR count). The van der Waals surface area contributed by atoms with Crippen LogP contribution in [0.5, 0.6) is 0 Å². The molecule has 0 unspecified atom stereocenters. The first-order valence-corrected chi connectivity index (χ1v) is 10.8. The Morgan fingerprint density at radius 3 is 2.67 bits per heavy atom. The maximum Gasteiger partial charge on any atom is 0.243 e. The Hall–Kier alpha value is -1.97. The number of piperidine rings is 1. The summed E-state index contributed by atoms with van der Waals surface area (Å²) >= 11 is 0. The average Bonchev–Trinajstić information content (AvgIpc) is 3.12. The number of sulfonamides is 1. The van der Waals surface area contributed by atoms with Gasteiger partial charge in [-0.15, -0.1) is 10.2 Å². The van der Waals surface area contributed by atoms with Gasteiger partial charge in [0.2, 0.25) is 10.0 Å². The van der Waals surface area contributed by atoms with E-state index in [0.717, 1.165) is 49.8 Å². The molecule has 2 aromatic rings. The topological polar surface area (TPSA) is 83.4 Å². The lowest BCUT2D eigenvalue weighted by Crippen LogP contribution is -2.39. The molecule has 3 heterocycles. The molecule has 2 aliphatic heterocycles. The van der Waals surface area contributed by atoms with Crippen LogP contribution in [0.4, 0.5) is 5.69 Å². The van der Waals surface area contributed by atoms with Gasteiger partial charge in [0.1, 0.15) is 11.6 Å². The Morgan fingerprint density at radius 1 is 1.15 bits per heavy atom. The summed E-state index contributed by atoms with van der Waals surface area (Å²) in [6, 6.07) is 7.12. The molecule has 1 N–H and O–H groups in total. The van der Waals surface area contributed by atoms with E-state index in [0.29, 0.717) is 18.0 Å². The van der Waals surface area contributed by atoms with E-state index in [1.54, 1.807) is 22.5 Å². The molecule has 1 fully saturated rings. The Morgan fingerprint density at radius 2 is 1.93 bits per heavy atom. The van der Waals surface area contributed by atoms with Crippen molar-refractivity contribution in [1.82, 2.24) is 24.4 Å². The van der Waals surface area contributed by atoms with Crippen molar-refractivity contribution in [2.75, 3.05) is 38.6 Å². The number of nitrogens with zero attached hydrogens (tertiary/aromatic N) is 5. The number of fused-ring (bicyclic) bond motifs is 1. The van der Waals surface area contributed by atoms with E-state index in [2.05, 4.69) is 20.1 Å². The van der Waals surface area contributed by atoms with Crippen molar-refractivity contribution < 1.29 is 8.42 Å². The molecule has 0 bridgehead atoms. The van der Waals surface area contributed by atoms with Crippen LogP contribution >= 0.6 is 0 Å². The van der Waals surface area contributed by atoms with Crippen LogP contribution < -0.4 is 10.2 Å². The minimum Gasteiger partial charge on any atom is -0.378 e. The van der Waals surface area contributed by atoms with Crippen LogP contribution in [0.1, 0.15) is 30.4 Å². The molecule has 0 spiro atoms. The first-order valence-electron chi connectivity index (χ1n) is 9.37. The van der Waals surface area contributed by atoms with Gasteiger partial charge in [-0.1, -0.05) is 6.07 Å². The highest BCUT2D eigenvalue weighted by atomic mass is 32.2. The first kappa shape index (κ1) is 18.4. The highest BCUT2D eigenvalue weighted by Crippen LogP contribution is 2.31. The van der Waals surface area contributed by atoms with E-state index in [1.165, 1.54) is 0 Å². The van der Waals surface area contributed by atoms with Crippen LogP contribution in [0.3, 0.4) is 0 Å². The van der Waals surface area contributed by atoms with Crippen molar-refractivity contribution in [3.05, 3.63) is 35.9 Å². The van der Waals surface area contributed by atoms with Crippen LogP contribution in [0, 0.1) is 0 Å². The lowest BCUT2D eigenvalue weighted by molar-refractivity contribution is 0.307. The molecule has 0 atom stereocenters. The molecule has 0 saturated carbocycles. The summed E-state index contributed by atoms with van der Waals surface area (Å²) in [5, 5.41) is 12.0. The van der Waals surface area contributed by atoms with Crippen LogP contribution in [-0.2, 0) is 23.1 Å². The third-order valence-corrected chi connectivity index (χ3v) is 7.34. The Labute approximate surface area is 160 Å². The van der Waals surface area contributed by atoms with Gasteiger partial charge in [0, 0.05) is 51.9 Å². The van der Waals surface area contributed by atoms with Gasteiger partial charge in [-0.25, -0.2) is 8.42 Å². The zero-order chi connectivity index (χ0) is 19.0. The third kappa shape index (κ3) is 3.46. The third-order valence-electron chi connectivity index (χ3n) is 5.44. The van der Waals surface area contributed by atoms with Gasteiger partial charge >= 0.3 is 0 Å². The second-order valence-corrected chi connectivity index (χ2v) is 9.31. The molecule has 0 radical (unpaired) electrons. The van der Waals surface area contributed by atoms with E-state index >= 15 is 0 Å². The van der Waals surface area contributed by atoms with E-state index in [9.17, 15) is 8.42 Å². The summed E-state index contributed by atoms with van der Waals surface area (Å²) in [4.78, 5) is 2.27. The summed E-state index contributed by atoms with van der Waals surface area (Å²) in [6.07, 6.45) is 1.55. The lowest BCUT2D eigenvalue weighted by atomic mass is 9.97. The minimum atomic E-state index is -3.47. The van der Waals surface area contributed by atoms with Crippen molar-refractivity contribution in [3.8, 4) is 0 Å². The normalized spacial score (nSPS) is 19.0. The number of nitrogens with one attached hydrogen (secondary N) is 1. The fourth-order valence-electron chi connectivity index (χ4n) is 3.84. The van der Waals surface area contributed by atoms with Gasteiger partial charge in [0.05, 0.1) is 11.4 Å². The number of aromatic nitrogens is 3. The average molecular weight is 391 g/mol. The van der Waals surface area contributed by atoms with Crippen molar-refractivity contribution in [2.24, 2.45) is 0 Å². The quantitative estimate of drug-likeness (QED) is 0.839. The zero-order valence-corrected chi connectivity index (χ0v) is 16.6. The second kappa shape index (κ2) is 7.21. The van der Waals surface area contributed by atoms with Gasteiger partial charge in [-0.3, -0.25) is 0 Å². The fourth-order valence-corrected chi connectivity index (χ4v) is 5.35. The van der Waals surface area contributed by atoms with Gasteiger partial charge in [-0.2, -0.15) is 4.31 Å². The zero-order valence-electron chi connectivity index (χ0n) is 15.8. The highest BCUT2D eigenvalue weighted by molar-refractivity contribution is 7.89. The van der Waals surface area contributed by atoms with Gasteiger partial charge in [-0.05, 0) is 31.0 Å². The fraction of sp³-hybridized carbons (Fsp3) is 0.556. The SMILES string of the molecule is CN(C)c1cccc(S(=O)(=O)N2CCC(c3nnc4n3CCNC4)CC2)c1. The molecule has 0 amide bonds. The van der Waals surface area contributed by atoms with Crippen molar-refractivity contribution in [2.45, 2.75) is 36.7 Å². The van der Waals surface area contributed by atoms with Gasteiger partial charge in [0.15, 0.2) is 0 Å². The Kier molecular flexibility index (Phi) is 4.92. The molecule has 27 heavy (non-hydrogen) atoms. The van der Waals surface area contributed by atoms with Gasteiger partial charge < -0.3 is 14.8 Å². The molecular formula is C18H26N6O2S. The molecule has 1 saturated heterocycles. The lowest BCUT2D eigenvalue weighted by Gasteiger charge is -2.31. The summed E-state index contributed by atoms with van der Waals surface area (Å²) in [5.41, 5.74) is 0.884. The molecule has 1 aromatic carbocycles. The Balaban J connectivity index is 1.49. The van der Waals surface area contributed by atoms with Crippen molar-refractivity contribution in [3.63, 3.8) is 0 Å². The molecule has 0 aliphatic carbocycles. The molecule has 146 valence electrons. The smallest absolute Gasteiger partial charge is 0.243 e. The van der Waals surface area contributed by atoms with Crippen molar-refractivity contribution >= 4 is 15.7 Å². The van der Waals surface area contributed by atoms with E-state index < -0.39 is 10.0 Å². The van der Waals surface area contributed by atoms with Crippen LogP contribution in [0.2, 0.25) is 0 Å². The summed E-state index contributed by atoms with van der Waals surface area (Å²) in [5.74, 6) is 2.26. The molecule has 8 nitrogen and oxygen atoms in total. The number of hydrogen-bond donors (Lipinski definition) is 1. The van der Waals surface area contributed by atoms with Crippen LogP contribution in [0.15, 0.2) is 29.2 Å². The van der Waals surface area contributed by atoms with E-state index in [-0.39, 0.29) is 5.92 Å². The maximum absolute atomic E-state index is 13.1. The molecule has 2 aliphatic rings. The molecule has 9 heteroatoms. The molecular weight excluding hydrogens is 364 g/mol. The number of anilines is 1. The highest BCUT2D eigenvalue weighted by Gasteiger charge is 2.32. The number of benzene rings is 1. The largest absolute Gasteiger partial charge is 0.378 e. The summed E-state index contributed by atoms with van der Waals surface area (Å²) in [6.45, 7) is 3.59. The first-order chi connectivity index (χ1) is 13.0. The van der Waals surface area contributed by atoms with Gasteiger partial charge in [0.25, 0.3) is 0 Å². The predicted molar refractivity (Wildman–Crippen MR) is 103 cm³/mol. The minimum absolute atomic E-state index is 0.268. The number of rotatable bonds is 4. The number of hydrogen-bond acceptors (Lipinski definition) is 6. The van der Waals surface area contributed by atoms with Crippen LogP contribution in [0.25, 0.3) is 0 Å². The second-order valence-electron chi connectivity index (χ2n) is 7.37. The monoisotopic (exact) mass is 390 g/mol. The van der Waals surface area contributed by atoms with E-state index in [1.807, 2.05) is 25.1 Å². The van der Waals surface area contributed by atoms with Crippen LogP contribution in [-0.4, -0.2) is 61.2 Å². The predicted octanol–water partition coefficient (Wildman–Crippen LogP) is 1.02. The standard InChI is InChI=1S/C18H26N6O2S/c1-22(2)15-4-3-5-16(12-15)27(25,26)23-9-6-14(7-10-23)18-21-20-17-13-19-8-11-24(17)18/h3-5,12,14,19H,6-11,13H2,1-2H3. The Bertz CT molecular complexity index is 916. The van der Waals surface area contributed by atoms with Crippen molar-refractivity contribution in [1.29, 1.82) is 0 Å². The summed E-state index contributed by atoms with van der Waals surface area (Å²) < 4.78 is 29.9. The maximum atomic E-state index is 13.1. The molecule has 1 aromatic heterocycles. The van der Waals surface area contributed by atoms with E-state index in [4.69, 9.17) is 0 Å².